The smallest absolute Gasteiger partial charge is 0.222 e. The molecule has 1 amide bonds. The van der Waals surface area contributed by atoms with E-state index in [0.29, 0.717) is 25.3 Å². The van der Waals surface area contributed by atoms with E-state index >= 15 is 0 Å². The van der Waals surface area contributed by atoms with Gasteiger partial charge in [0.15, 0.2) is 0 Å². The lowest BCUT2D eigenvalue weighted by Gasteiger charge is -2.04. The van der Waals surface area contributed by atoms with Crippen LogP contribution in [-0.4, -0.2) is 31.1 Å². The van der Waals surface area contributed by atoms with Crippen molar-refractivity contribution in [3.8, 4) is 11.4 Å². The minimum Gasteiger partial charge on any atom is -0.352 e. The van der Waals surface area contributed by atoms with E-state index in [0.717, 1.165) is 11.1 Å². The molecule has 0 radical (unpaired) electrons. The Kier molecular flexibility index (Phi) is 4.90. The molecule has 1 N–H and O–H groups in total. The van der Waals surface area contributed by atoms with Crippen molar-refractivity contribution in [2.75, 3.05) is 0 Å². The summed E-state index contributed by atoms with van der Waals surface area (Å²) < 4.78 is 0. The summed E-state index contributed by atoms with van der Waals surface area (Å²) in [5.41, 5.74) is 3.05. The van der Waals surface area contributed by atoms with Crippen LogP contribution in [0, 0.1) is 6.92 Å². The molecule has 0 aliphatic carbocycles. The number of aromatic nitrogens is 5. The highest BCUT2D eigenvalue weighted by molar-refractivity contribution is 5.75. The van der Waals surface area contributed by atoms with Crippen molar-refractivity contribution in [2.24, 2.45) is 0 Å². The molecule has 0 saturated heterocycles. The molecule has 0 aliphatic rings. The summed E-state index contributed by atoms with van der Waals surface area (Å²) in [6, 6.07) is 11.7. The van der Waals surface area contributed by atoms with E-state index in [-0.39, 0.29) is 5.91 Å². The average Bonchev–Trinajstić information content (AvgIpc) is 3.09. The van der Waals surface area contributed by atoms with Crippen LogP contribution in [0.1, 0.15) is 17.5 Å². The second-order valence-electron chi connectivity index (χ2n) is 5.46. The van der Waals surface area contributed by atoms with Crippen molar-refractivity contribution >= 4 is 5.91 Å². The molecule has 24 heavy (non-hydrogen) atoms. The first-order chi connectivity index (χ1) is 11.7. The Labute approximate surface area is 139 Å². The zero-order valence-corrected chi connectivity index (χ0v) is 13.4. The van der Waals surface area contributed by atoms with Crippen LogP contribution < -0.4 is 5.32 Å². The molecule has 0 atom stereocenters. The van der Waals surface area contributed by atoms with E-state index in [1.54, 1.807) is 12.4 Å². The molecule has 3 rings (SSSR count). The minimum absolute atomic E-state index is 0.0620. The Bertz CT molecular complexity index is 797. The second kappa shape index (κ2) is 7.45. The first kappa shape index (κ1) is 15.8. The number of aryl methyl sites for hydroxylation is 2. The second-order valence-corrected chi connectivity index (χ2v) is 5.46. The van der Waals surface area contributed by atoms with Crippen LogP contribution >= 0.6 is 0 Å². The maximum absolute atomic E-state index is 11.9. The number of carbonyl (C=O) groups excluding carboxylic acids is 1. The lowest BCUT2D eigenvalue weighted by molar-refractivity contribution is -0.121. The molecule has 0 bridgehead atoms. The van der Waals surface area contributed by atoms with Gasteiger partial charge in [-0.1, -0.05) is 35.9 Å². The highest BCUT2D eigenvalue weighted by Gasteiger charge is 2.07. The molecule has 2 aromatic heterocycles. The maximum Gasteiger partial charge on any atom is 0.222 e. The number of benzene rings is 1. The Balaban J connectivity index is 1.50. The highest BCUT2D eigenvalue weighted by atomic mass is 16.1. The van der Waals surface area contributed by atoms with Crippen molar-refractivity contribution < 1.29 is 4.79 Å². The molecule has 122 valence electrons. The van der Waals surface area contributed by atoms with E-state index in [1.807, 2.05) is 43.3 Å². The van der Waals surface area contributed by atoms with Crippen LogP contribution in [0.25, 0.3) is 11.4 Å². The lowest BCUT2D eigenvalue weighted by Crippen LogP contribution is -2.24. The Morgan fingerprint density at radius 2 is 2.04 bits per heavy atom. The van der Waals surface area contributed by atoms with Crippen LogP contribution in [0.5, 0.6) is 0 Å². The van der Waals surface area contributed by atoms with Crippen LogP contribution in [0.3, 0.4) is 0 Å². The van der Waals surface area contributed by atoms with Crippen molar-refractivity contribution in [3.63, 3.8) is 0 Å². The van der Waals surface area contributed by atoms with E-state index in [1.165, 1.54) is 10.4 Å². The molecule has 3 aromatic rings. The standard InChI is InChI=1S/C17H18N6O/c1-13-4-6-15(7-5-13)17-20-22-23(21-17)10-8-16(24)19-12-14-3-2-9-18-11-14/h2-7,9,11H,8,10,12H2,1H3,(H,19,24). The zero-order valence-electron chi connectivity index (χ0n) is 13.4. The van der Waals surface area contributed by atoms with Gasteiger partial charge in [0.05, 0.1) is 6.54 Å². The van der Waals surface area contributed by atoms with Crippen LogP contribution in [0.2, 0.25) is 0 Å². The first-order valence-corrected chi connectivity index (χ1v) is 7.71. The molecule has 0 aliphatic heterocycles. The summed E-state index contributed by atoms with van der Waals surface area (Å²) in [5, 5.41) is 15.2. The fourth-order valence-electron chi connectivity index (χ4n) is 2.15. The average molecular weight is 322 g/mol. The molecular formula is C17H18N6O. The van der Waals surface area contributed by atoms with Gasteiger partial charge in [0.1, 0.15) is 0 Å². The predicted octanol–water partition coefficient (Wildman–Crippen LogP) is 1.75. The maximum atomic E-state index is 11.9. The third kappa shape index (κ3) is 4.22. The molecule has 7 nitrogen and oxygen atoms in total. The SMILES string of the molecule is Cc1ccc(-c2nnn(CCC(=O)NCc3cccnc3)n2)cc1. The van der Waals surface area contributed by atoms with E-state index < -0.39 is 0 Å². The van der Waals surface area contributed by atoms with Gasteiger partial charge in [-0.15, -0.1) is 10.2 Å². The Morgan fingerprint density at radius 3 is 2.79 bits per heavy atom. The van der Waals surface area contributed by atoms with Gasteiger partial charge in [0.25, 0.3) is 0 Å². The molecule has 0 spiro atoms. The van der Waals surface area contributed by atoms with Gasteiger partial charge in [-0.25, -0.2) is 0 Å². The Morgan fingerprint density at radius 1 is 1.21 bits per heavy atom. The van der Waals surface area contributed by atoms with Gasteiger partial charge in [0, 0.05) is 30.9 Å². The van der Waals surface area contributed by atoms with Gasteiger partial charge in [-0.3, -0.25) is 9.78 Å². The molecule has 0 unspecified atom stereocenters. The van der Waals surface area contributed by atoms with Gasteiger partial charge in [-0.2, -0.15) is 4.80 Å². The number of tetrazole rings is 1. The molecule has 1 aromatic carbocycles. The third-order valence-electron chi connectivity index (χ3n) is 3.51. The number of amides is 1. The fourth-order valence-corrected chi connectivity index (χ4v) is 2.15. The Hall–Kier alpha value is -3.09. The molecule has 0 saturated carbocycles. The monoisotopic (exact) mass is 322 g/mol. The normalized spacial score (nSPS) is 10.5. The highest BCUT2D eigenvalue weighted by Crippen LogP contribution is 2.13. The van der Waals surface area contributed by atoms with Crippen molar-refractivity contribution in [1.29, 1.82) is 0 Å². The lowest BCUT2D eigenvalue weighted by atomic mass is 10.1. The summed E-state index contributed by atoms with van der Waals surface area (Å²) in [7, 11) is 0. The topological polar surface area (TPSA) is 85.6 Å². The summed E-state index contributed by atoms with van der Waals surface area (Å²) in [6.07, 6.45) is 3.73. The van der Waals surface area contributed by atoms with Gasteiger partial charge >= 0.3 is 0 Å². The summed E-state index contributed by atoms with van der Waals surface area (Å²) in [5.74, 6) is 0.499. The molecule has 0 fully saturated rings. The largest absolute Gasteiger partial charge is 0.352 e. The van der Waals surface area contributed by atoms with Crippen molar-refractivity contribution in [1.82, 2.24) is 30.5 Å². The van der Waals surface area contributed by atoms with Crippen LogP contribution in [0.4, 0.5) is 0 Å². The number of hydrogen-bond acceptors (Lipinski definition) is 5. The summed E-state index contributed by atoms with van der Waals surface area (Å²) in [4.78, 5) is 17.3. The molecule has 7 heteroatoms. The quantitative estimate of drug-likeness (QED) is 0.747. The van der Waals surface area contributed by atoms with Gasteiger partial charge in [0.2, 0.25) is 11.7 Å². The predicted molar refractivity (Wildman–Crippen MR) is 88.7 cm³/mol. The van der Waals surface area contributed by atoms with Gasteiger partial charge in [-0.05, 0) is 23.8 Å². The fraction of sp³-hybridized carbons (Fsp3) is 0.235. The number of rotatable bonds is 6. The van der Waals surface area contributed by atoms with Gasteiger partial charge < -0.3 is 5.32 Å². The number of nitrogens with one attached hydrogen (secondary N) is 1. The zero-order chi connectivity index (χ0) is 16.8. The molecular weight excluding hydrogens is 304 g/mol. The van der Waals surface area contributed by atoms with E-state index in [2.05, 4.69) is 25.7 Å². The number of nitrogens with zero attached hydrogens (tertiary/aromatic N) is 5. The van der Waals surface area contributed by atoms with Crippen LogP contribution in [-0.2, 0) is 17.9 Å². The van der Waals surface area contributed by atoms with E-state index in [4.69, 9.17) is 0 Å². The summed E-state index contributed by atoms with van der Waals surface area (Å²) in [6.45, 7) is 2.88. The van der Waals surface area contributed by atoms with Crippen molar-refractivity contribution in [2.45, 2.75) is 26.4 Å². The minimum atomic E-state index is -0.0620. The molecule has 2 heterocycles. The van der Waals surface area contributed by atoms with E-state index in [9.17, 15) is 4.79 Å². The van der Waals surface area contributed by atoms with Crippen LogP contribution in [0.15, 0.2) is 48.8 Å². The first-order valence-electron chi connectivity index (χ1n) is 7.71. The number of carbonyl (C=O) groups is 1. The number of pyridine rings is 1. The summed E-state index contributed by atoms with van der Waals surface area (Å²) >= 11 is 0. The van der Waals surface area contributed by atoms with Crippen molar-refractivity contribution in [3.05, 3.63) is 59.9 Å². The third-order valence-corrected chi connectivity index (χ3v) is 3.51. The number of hydrogen-bond donors (Lipinski definition) is 1.